The number of fused-ring (bicyclic) bond motifs is 2. The highest BCUT2D eigenvalue weighted by atomic mass is 32.7. The third kappa shape index (κ3) is 4.91. The van der Waals surface area contributed by atoms with Crippen molar-refractivity contribution >= 4 is 53.0 Å². The van der Waals surface area contributed by atoms with E-state index in [1.165, 1.54) is 34.4 Å². The van der Waals surface area contributed by atoms with Crippen LogP contribution in [0.2, 0.25) is 0 Å². The zero-order chi connectivity index (χ0) is 29.1. The van der Waals surface area contributed by atoms with E-state index in [0.29, 0.717) is 0 Å². The van der Waals surface area contributed by atoms with Gasteiger partial charge >= 0.3 is 6.80 Å². The van der Waals surface area contributed by atoms with Gasteiger partial charge in [0.25, 0.3) is 0 Å². The second kappa shape index (κ2) is 10.7. The summed E-state index contributed by atoms with van der Waals surface area (Å²) < 4.78 is 38.5. The smallest absolute Gasteiger partial charge is 0.386 e. The molecule has 21 heteroatoms. The molecule has 19 nitrogen and oxygen atoms in total. The predicted octanol–water partition coefficient (Wildman–Crippen LogP) is -1.86. The van der Waals surface area contributed by atoms with E-state index in [2.05, 4.69) is 42.2 Å². The van der Waals surface area contributed by atoms with Crippen LogP contribution in [0.3, 0.4) is 0 Å². The van der Waals surface area contributed by atoms with E-state index in [1.807, 2.05) is 0 Å². The molecule has 9 atom stereocenters. The monoisotopic (exact) mass is 612 g/mol. The third-order valence-corrected chi connectivity index (χ3v) is 8.42. The van der Waals surface area contributed by atoms with Gasteiger partial charge in [0.2, 0.25) is 0 Å². The average molecular weight is 613 g/mol. The topological polar surface area (TPSA) is 274 Å². The standard InChI is InChI=1S/C20H25N10O9PS/c21-15-9-17(25-3-23-15)29(5-27-9)19-13(34)11(32)8(38-19)2-36-40(35,41)39-14-12(33)7(1-31)37-20(14)30-6-28-10-16(22)24-4-26-18(10)30/h3-8,11-14,19-20,31-34H,1-2H2,(H,35,41)(H2,21,23,25)(H2,22,24,26)/t7-,8-,11-,12-,13-,14-,19-,20-,40?/m1/s1. The maximum absolute atomic E-state index is 13.3. The Labute approximate surface area is 234 Å². The third-order valence-electron chi connectivity index (χ3n) is 6.81. The van der Waals surface area contributed by atoms with Crippen molar-refractivity contribution in [3.8, 4) is 0 Å². The SMILES string of the molecule is Nc1ncnc2c1ncn2[C@@H]1O[C@H](COP(=O)(S)O[C@@H]2[C@H](O)[C@@H](CO)O[C@H]2n2cnc3c(N)ncnc32)[C@@H](O)[C@H]1O. The van der Waals surface area contributed by atoms with Crippen LogP contribution in [0.15, 0.2) is 25.3 Å². The van der Waals surface area contributed by atoms with Crippen LogP contribution in [-0.2, 0) is 23.1 Å². The number of aliphatic hydroxyl groups is 4. The fourth-order valence-corrected chi connectivity index (χ4v) is 6.23. The Balaban J connectivity index is 1.18. The van der Waals surface area contributed by atoms with Crippen molar-refractivity contribution in [3.63, 3.8) is 0 Å². The van der Waals surface area contributed by atoms with Gasteiger partial charge in [0.15, 0.2) is 35.4 Å². The minimum absolute atomic E-state index is 0.0990. The maximum atomic E-state index is 13.3. The van der Waals surface area contributed by atoms with E-state index in [1.54, 1.807) is 0 Å². The Morgan fingerprint density at radius 2 is 1.41 bits per heavy atom. The summed E-state index contributed by atoms with van der Waals surface area (Å²) in [7, 11) is 0. The number of hydrogen-bond donors (Lipinski definition) is 7. The molecule has 0 aromatic carbocycles. The first kappa shape index (κ1) is 28.1. The summed E-state index contributed by atoms with van der Waals surface area (Å²) in [5, 5.41) is 41.7. The number of aliphatic hydroxyl groups excluding tert-OH is 4. The van der Waals surface area contributed by atoms with Gasteiger partial charge in [-0.15, -0.1) is 0 Å². The lowest BCUT2D eigenvalue weighted by molar-refractivity contribution is -0.0552. The Hall–Kier alpha value is -3.04. The number of aromatic nitrogens is 8. The molecule has 0 saturated carbocycles. The highest BCUT2D eigenvalue weighted by Gasteiger charge is 2.50. The molecule has 0 bridgehead atoms. The van der Waals surface area contributed by atoms with E-state index in [-0.39, 0.29) is 34.0 Å². The number of anilines is 2. The lowest BCUT2D eigenvalue weighted by atomic mass is 10.1. The molecule has 8 N–H and O–H groups in total. The van der Waals surface area contributed by atoms with Gasteiger partial charge in [-0.2, -0.15) is 0 Å². The maximum Gasteiger partial charge on any atom is 0.386 e. The van der Waals surface area contributed by atoms with Gasteiger partial charge in [-0.25, -0.2) is 34.5 Å². The first-order chi connectivity index (χ1) is 19.6. The van der Waals surface area contributed by atoms with Crippen molar-refractivity contribution in [2.24, 2.45) is 0 Å². The predicted molar refractivity (Wildman–Crippen MR) is 140 cm³/mol. The molecular weight excluding hydrogens is 587 g/mol. The molecule has 220 valence electrons. The fourth-order valence-electron chi connectivity index (χ4n) is 4.77. The number of nitrogens with two attached hydrogens (primary N) is 2. The molecule has 41 heavy (non-hydrogen) atoms. The molecule has 1 unspecified atom stereocenters. The van der Waals surface area contributed by atoms with Crippen LogP contribution in [0.25, 0.3) is 22.3 Å². The number of ether oxygens (including phenoxy) is 2. The molecular formula is C20H25N10O9PS. The molecule has 0 amide bonds. The number of nitrogens with zero attached hydrogens (tertiary/aromatic N) is 8. The Kier molecular flexibility index (Phi) is 7.30. The summed E-state index contributed by atoms with van der Waals surface area (Å²) in [5.41, 5.74) is 12.7. The van der Waals surface area contributed by atoms with Crippen LogP contribution in [0.4, 0.5) is 11.6 Å². The summed E-state index contributed by atoms with van der Waals surface area (Å²) in [6.45, 7) is -5.41. The van der Waals surface area contributed by atoms with Gasteiger partial charge < -0.3 is 41.4 Å². The first-order valence-corrected chi connectivity index (χ1v) is 14.8. The van der Waals surface area contributed by atoms with Gasteiger partial charge in [0, 0.05) is 0 Å². The van der Waals surface area contributed by atoms with Gasteiger partial charge in [0.05, 0.1) is 25.9 Å². The summed E-state index contributed by atoms with van der Waals surface area (Å²) in [6.07, 6.45) is -5.31. The zero-order valence-corrected chi connectivity index (χ0v) is 22.6. The zero-order valence-electron chi connectivity index (χ0n) is 20.8. The lowest BCUT2D eigenvalue weighted by Gasteiger charge is -2.25. The minimum atomic E-state index is -4.30. The summed E-state index contributed by atoms with van der Waals surface area (Å²) >= 11 is 4.02. The molecule has 6 heterocycles. The minimum Gasteiger partial charge on any atom is -0.394 e. The van der Waals surface area contributed by atoms with Crippen LogP contribution < -0.4 is 11.5 Å². The molecule has 2 aliphatic rings. The first-order valence-electron chi connectivity index (χ1n) is 12.1. The van der Waals surface area contributed by atoms with E-state index in [0.717, 1.165) is 0 Å². The van der Waals surface area contributed by atoms with Gasteiger partial charge in [-0.1, -0.05) is 12.2 Å². The van der Waals surface area contributed by atoms with Crippen molar-refractivity contribution in [1.82, 2.24) is 39.0 Å². The fraction of sp³-hybridized carbons (Fsp3) is 0.500. The molecule has 2 aliphatic heterocycles. The average Bonchev–Trinajstić information content (AvgIpc) is 3.70. The van der Waals surface area contributed by atoms with Crippen molar-refractivity contribution in [2.75, 3.05) is 24.7 Å². The second-order valence-electron chi connectivity index (χ2n) is 9.28. The van der Waals surface area contributed by atoms with E-state index >= 15 is 0 Å². The number of imidazole rings is 2. The number of thiol groups is 1. The number of nitrogen functional groups attached to an aromatic ring is 2. The molecule has 2 saturated heterocycles. The molecule has 2 fully saturated rings. The van der Waals surface area contributed by atoms with E-state index in [9.17, 15) is 25.0 Å². The Morgan fingerprint density at radius 3 is 2.00 bits per heavy atom. The molecule has 0 spiro atoms. The Bertz CT molecular complexity index is 1620. The Morgan fingerprint density at radius 1 is 0.854 bits per heavy atom. The molecule has 0 aliphatic carbocycles. The van der Waals surface area contributed by atoms with Crippen LogP contribution >= 0.6 is 19.0 Å². The number of rotatable bonds is 8. The molecule has 6 rings (SSSR count). The normalized spacial score (nSPS) is 31.7. The highest BCUT2D eigenvalue weighted by Crippen LogP contribution is 2.57. The number of hydrogen-bond acceptors (Lipinski definition) is 17. The quantitative estimate of drug-likeness (QED) is 0.0848. The van der Waals surface area contributed by atoms with E-state index < -0.39 is 69.1 Å². The second-order valence-corrected chi connectivity index (χ2v) is 12.2. The van der Waals surface area contributed by atoms with Crippen molar-refractivity contribution < 1.29 is 43.5 Å². The van der Waals surface area contributed by atoms with Crippen molar-refractivity contribution in [2.45, 2.75) is 49.1 Å². The van der Waals surface area contributed by atoms with Crippen molar-refractivity contribution in [1.29, 1.82) is 0 Å². The lowest BCUT2D eigenvalue weighted by Crippen LogP contribution is -2.35. The summed E-state index contributed by atoms with van der Waals surface area (Å²) in [4.78, 5) is 24.2. The van der Waals surface area contributed by atoms with Gasteiger partial charge in [-0.05, 0) is 0 Å². The van der Waals surface area contributed by atoms with Gasteiger partial charge in [-0.3, -0.25) is 18.2 Å². The van der Waals surface area contributed by atoms with Crippen LogP contribution in [0, 0.1) is 0 Å². The van der Waals surface area contributed by atoms with Crippen LogP contribution in [0.1, 0.15) is 12.5 Å². The van der Waals surface area contributed by atoms with Crippen LogP contribution in [-0.4, -0.2) is 109 Å². The molecule has 4 aromatic rings. The van der Waals surface area contributed by atoms with Crippen LogP contribution in [0.5, 0.6) is 0 Å². The van der Waals surface area contributed by atoms with Crippen molar-refractivity contribution in [3.05, 3.63) is 25.3 Å². The highest BCUT2D eigenvalue weighted by molar-refractivity contribution is 8.44. The van der Waals surface area contributed by atoms with Gasteiger partial charge in [0.1, 0.15) is 60.3 Å². The van der Waals surface area contributed by atoms with E-state index in [4.69, 9.17) is 30.0 Å². The molecule has 4 aromatic heterocycles. The molecule has 0 radical (unpaired) electrons. The summed E-state index contributed by atoms with van der Waals surface area (Å²) in [6, 6.07) is 0. The largest absolute Gasteiger partial charge is 0.394 e. The summed E-state index contributed by atoms with van der Waals surface area (Å²) in [5.74, 6) is 0.219.